The van der Waals surface area contributed by atoms with Gasteiger partial charge in [-0.3, -0.25) is 9.78 Å². The number of aryl methyl sites for hydroxylation is 1. The number of hydrogen-bond acceptors (Lipinski definition) is 3. The summed E-state index contributed by atoms with van der Waals surface area (Å²) < 4.78 is 37.8. The summed E-state index contributed by atoms with van der Waals surface area (Å²) >= 11 is 0. The molecule has 4 nitrogen and oxygen atoms in total. The van der Waals surface area contributed by atoms with E-state index in [4.69, 9.17) is 0 Å². The lowest BCUT2D eigenvalue weighted by Crippen LogP contribution is -2.49. The number of pyridine rings is 1. The summed E-state index contributed by atoms with van der Waals surface area (Å²) in [5, 5.41) is 0. The SMILES string of the molecule is Cc1cnccc1N1CCN(C(=O)Cc2ccc(C(F)(F)F)cc2)CC1. The van der Waals surface area contributed by atoms with E-state index in [1.807, 2.05) is 19.2 Å². The van der Waals surface area contributed by atoms with Crippen LogP contribution in [0.4, 0.5) is 18.9 Å². The summed E-state index contributed by atoms with van der Waals surface area (Å²) in [5.41, 5.74) is 2.11. The minimum Gasteiger partial charge on any atom is -0.368 e. The number of aromatic nitrogens is 1. The zero-order chi connectivity index (χ0) is 18.7. The molecule has 2 heterocycles. The summed E-state index contributed by atoms with van der Waals surface area (Å²) in [6, 6.07) is 6.75. The fourth-order valence-corrected chi connectivity index (χ4v) is 3.12. The van der Waals surface area contributed by atoms with Crippen LogP contribution >= 0.6 is 0 Å². The van der Waals surface area contributed by atoms with E-state index in [0.717, 1.165) is 36.5 Å². The van der Waals surface area contributed by atoms with E-state index in [1.54, 1.807) is 11.1 Å². The fourth-order valence-electron chi connectivity index (χ4n) is 3.12. The monoisotopic (exact) mass is 363 g/mol. The molecule has 1 aromatic heterocycles. The summed E-state index contributed by atoms with van der Waals surface area (Å²) in [6.07, 6.45) is -0.668. The van der Waals surface area contributed by atoms with Gasteiger partial charge in [-0.1, -0.05) is 12.1 Å². The number of alkyl halides is 3. The molecule has 2 aromatic rings. The van der Waals surface area contributed by atoms with Crippen molar-refractivity contribution in [2.24, 2.45) is 0 Å². The summed E-state index contributed by atoms with van der Waals surface area (Å²) in [6.45, 7) is 4.65. The second-order valence-electron chi connectivity index (χ2n) is 6.40. The maximum absolute atomic E-state index is 12.6. The van der Waals surface area contributed by atoms with Gasteiger partial charge in [0.15, 0.2) is 0 Å². The third-order valence-electron chi connectivity index (χ3n) is 4.60. The summed E-state index contributed by atoms with van der Waals surface area (Å²) in [5.74, 6) is -0.0594. The first-order valence-corrected chi connectivity index (χ1v) is 8.44. The third kappa shape index (κ3) is 4.15. The molecule has 0 aliphatic carbocycles. The first-order valence-electron chi connectivity index (χ1n) is 8.44. The molecule has 1 aliphatic rings. The Kier molecular flexibility index (Phi) is 5.15. The largest absolute Gasteiger partial charge is 0.416 e. The maximum atomic E-state index is 12.6. The van der Waals surface area contributed by atoms with Gasteiger partial charge in [0.05, 0.1) is 12.0 Å². The van der Waals surface area contributed by atoms with Gasteiger partial charge in [-0.25, -0.2) is 0 Å². The number of rotatable bonds is 3. The normalized spacial score (nSPS) is 15.2. The third-order valence-corrected chi connectivity index (χ3v) is 4.60. The highest BCUT2D eigenvalue weighted by Crippen LogP contribution is 2.29. The van der Waals surface area contributed by atoms with Crippen molar-refractivity contribution in [2.45, 2.75) is 19.5 Å². The number of anilines is 1. The van der Waals surface area contributed by atoms with Gasteiger partial charge in [-0.15, -0.1) is 0 Å². The van der Waals surface area contributed by atoms with Gasteiger partial charge in [0.1, 0.15) is 0 Å². The molecule has 0 saturated carbocycles. The van der Waals surface area contributed by atoms with Crippen LogP contribution in [0.2, 0.25) is 0 Å². The van der Waals surface area contributed by atoms with Crippen molar-refractivity contribution >= 4 is 11.6 Å². The Morgan fingerprint density at radius 2 is 1.73 bits per heavy atom. The number of nitrogens with zero attached hydrogens (tertiary/aromatic N) is 3. The van der Waals surface area contributed by atoms with E-state index in [0.29, 0.717) is 18.7 Å². The van der Waals surface area contributed by atoms with Crippen molar-refractivity contribution in [1.82, 2.24) is 9.88 Å². The number of amides is 1. The molecule has 1 saturated heterocycles. The van der Waals surface area contributed by atoms with Crippen LogP contribution < -0.4 is 4.90 Å². The summed E-state index contributed by atoms with van der Waals surface area (Å²) in [7, 11) is 0. The molecule has 0 spiro atoms. The van der Waals surface area contributed by atoms with Gasteiger partial charge in [-0.05, 0) is 36.2 Å². The molecule has 7 heteroatoms. The lowest BCUT2D eigenvalue weighted by atomic mass is 10.1. The number of carbonyl (C=O) groups excluding carboxylic acids is 1. The molecule has 1 aliphatic heterocycles. The fraction of sp³-hybridized carbons (Fsp3) is 0.368. The van der Waals surface area contributed by atoms with E-state index < -0.39 is 11.7 Å². The highest BCUT2D eigenvalue weighted by molar-refractivity contribution is 5.79. The molecular weight excluding hydrogens is 343 g/mol. The molecule has 1 amide bonds. The number of piperazine rings is 1. The Balaban J connectivity index is 1.56. The van der Waals surface area contributed by atoms with Crippen molar-refractivity contribution in [1.29, 1.82) is 0 Å². The summed E-state index contributed by atoms with van der Waals surface area (Å²) in [4.78, 5) is 20.5. The molecule has 1 fully saturated rings. The predicted octanol–water partition coefficient (Wildman–Crippen LogP) is 3.30. The molecule has 0 unspecified atom stereocenters. The van der Waals surface area contributed by atoms with Gasteiger partial charge in [-0.2, -0.15) is 13.2 Å². The van der Waals surface area contributed by atoms with Gasteiger partial charge in [0.25, 0.3) is 0 Å². The van der Waals surface area contributed by atoms with Crippen LogP contribution in [0.3, 0.4) is 0 Å². The van der Waals surface area contributed by atoms with E-state index in [2.05, 4.69) is 9.88 Å². The number of benzene rings is 1. The molecule has 3 rings (SSSR count). The van der Waals surface area contributed by atoms with Gasteiger partial charge < -0.3 is 9.80 Å². The zero-order valence-electron chi connectivity index (χ0n) is 14.5. The zero-order valence-corrected chi connectivity index (χ0v) is 14.5. The highest BCUT2D eigenvalue weighted by Gasteiger charge is 2.30. The van der Waals surface area contributed by atoms with Crippen LogP contribution in [0.15, 0.2) is 42.7 Å². The Hall–Kier alpha value is -2.57. The quantitative estimate of drug-likeness (QED) is 0.840. The number of halogens is 3. The van der Waals surface area contributed by atoms with E-state index in [1.165, 1.54) is 12.1 Å². The van der Waals surface area contributed by atoms with E-state index >= 15 is 0 Å². The topological polar surface area (TPSA) is 36.4 Å². The predicted molar refractivity (Wildman–Crippen MR) is 92.9 cm³/mol. The average Bonchev–Trinajstić information content (AvgIpc) is 2.62. The van der Waals surface area contributed by atoms with Crippen molar-refractivity contribution in [3.8, 4) is 0 Å². The maximum Gasteiger partial charge on any atom is 0.416 e. The lowest BCUT2D eigenvalue weighted by Gasteiger charge is -2.36. The molecule has 0 radical (unpaired) electrons. The van der Waals surface area contributed by atoms with E-state index in [-0.39, 0.29) is 12.3 Å². The molecule has 1 aromatic carbocycles. The van der Waals surface area contributed by atoms with Crippen molar-refractivity contribution in [2.75, 3.05) is 31.1 Å². The van der Waals surface area contributed by atoms with E-state index in [9.17, 15) is 18.0 Å². The van der Waals surface area contributed by atoms with Crippen molar-refractivity contribution in [3.63, 3.8) is 0 Å². The van der Waals surface area contributed by atoms with Crippen LogP contribution in [0.1, 0.15) is 16.7 Å². The standard InChI is InChI=1S/C19H20F3N3O/c1-14-13-23-7-6-17(14)24-8-10-25(11-9-24)18(26)12-15-2-4-16(5-3-15)19(20,21)22/h2-7,13H,8-12H2,1H3. The smallest absolute Gasteiger partial charge is 0.368 e. The molecular formula is C19H20F3N3O. The second kappa shape index (κ2) is 7.35. The highest BCUT2D eigenvalue weighted by atomic mass is 19.4. The Morgan fingerprint density at radius 1 is 1.08 bits per heavy atom. The first kappa shape index (κ1) is 18.2. The van der Waals surface area contributed by atoms with Crippen LogP contribution in [-0.4, -0.2) is 42.0 Å². The Bertz CT molecular complexity index is 766. The minimum absolute atomic E-state index is 0.0594. The average molecular weight is 363 g/mol. The van der Waals surface area contributed by atoms with Gasteiger partial charge in [0.2, 0.25) is 5.91 Å². The Morgan fingerprint density at radius 3 is 2.31 bits per heavy atom. The molecule has 0 atom stereocenters. The van der Waals surface area contributed by atoms with Crippen molar-refractivity contribution in [3.05, 3.63) is 59.4 Å². The number of carbonyl (C=O) groups is 1. The minimum atomic E-state index is -4.36. The number of hydrogen-bond donors (Lipinski definition) is 0. The molecule has 0 bridgehead atoms. The van der Waals surface area contributed by atoms with Crippen LogP contribution in [0.25, 0.3) is 0 Å². The van der Waals surface area contributed by atoms with Gasteiger partial charge >= 0.3 is 6.18 Å². The van der Waals surface area contributed by atoms with Gasteiger partial charge in [0, 0.05) is 44.3 Å². The van der Waals surface area contributed by atoms with Crippen LogP contribution in [-0.2, 0) is 17.4 Å². The molecule has 26 heavy (non-hydrogen) atoms. The Labute approximate surface area is 150 Å². The second-order valence-corrected chi connectivity index (χ2v) is 6.40. The van der Waals surface area contributed by atoms with Crippen LogP contribution in [0, 0.1) is 6.92 Å². The molecule has 0 N–H and O–H groups in total. The lowest BCUT2D eigenvalue weighted by molar-refractivity contribution is -0.137. The van der Waals surface area contributed by atoms with Crippen molar-refractivity contribution < 1.29 is 18.0 Å². The first-order chi connectivity index (χ1) is 12.3. The molecule has 138 valence electrons. The van der Waals surface area contributed by atoms with Crippen LogP contribution in [0.5, 0.6) is 0 Å².